The molecule has 0 saturated carbocycles. The molecule has 0 radical (unpaired) electrons. The van der Waals surface area contributed by atoms with Gasteiger partial charge in [-0.3, -0.25) is 14.5 Å². The van der Waals surface area contributed by atoms with Crippen LogP contribution in [0.3, 0.4) is 0 Å². The number of hydrogen-bond donors (Lipinski definition) is 0. The van der Waals surface area contributed by atoms with Gasteiger partial charge in [-0.15, -0.1) is 0 Å². The number of amides is 2. The van der Waals surface area contributed by atoms with Crippen LogP contribution < -0.4 is 0 Å². The molecule has 0 aromatic rings. The number of rotatable bonds is 3. The minimum atomic E-state index is 0.0463. The van der Waals surface area contributed by atoms with Gasteiger partial charge < -0.3 is 14.5 Å². The van der Waals surface area contributed by atoms with Gasteiger partial charge in [0.2, 0.25) is 11.8 Å². The van der Waals surface area contributed by atoms with Gasteiger partial charge in [-0.2, -0.15) is 0 Å². The molecule has 114 valence electrons. The van der Waals surface area contributed by atoms with Crippen LogP contribution in [0.25, 0.3) is 0 Å². The van der Waals surface area contributed by atoms with E-state index in [-0.39, 0.29) is 17.7 Å². The molecular formula is C14H25N3O3. The van der Waals surface area contributed by atoms with E-state index in [1.54, 1.807) is 19.0 Å². The number of carbonyl (C=O) groups is 2. The van der Waals surface area contributed by atoms with Gasteiger partial charge >= 0.3 is 0 Å². The molecule has 0 N–H and O–H groups in total. The van der Waals surface area contributed by atoms with Crippen LogP contribution in [-0.2, 0) is 14.3 Å². The molecule has 20 heavy (non-hydrogen) atoms. The van der Waals surface area contributed by atoms with Crippen molar-refractivity contribution in [2.75, 3.05) is 60.0 Å². The van der Waals surface area contributed by atoms with Gasteiger partial charge in [-0.1, -0.05) is 0 Å². The summed E-state index contributed by atoms with van der Waals surface area (Å²) in [6.07, 6.45) is 1.78. The van der Waals surface area contributed by atoms with Crippen molar-refractivity contribution in [1.82, 2.24) is 14.7 Å². The van der Waals surface area contributed by atoms with Gasteiger partial charge in [0, 0.05) is 46.9 Å². The predicted molar refractivity (Wildman–Crippen MR) is 75.3 cm³/mol. The Balaban J connectivity index is 1.82. The van der Waals surface area contributed by atoms with Gasteiger partial charge in [0.25, 0.3) is 0 Å². The summed E-state index contributed by atoms with van der Waals surface area (Å²) in [6, 6.07) is 0. The quantitative estimate of drug-likeness (QED) is 0.710. The summed E-state index contributed by atoms with van der Waals surface area (Å²) in [6.45, 7) is 4.88. The second kappa shape index (κ2) is 7.04. The summed E-state index contributed by atoms with van der Waals surface area (Å²) in [7, 11) is 3.55. The fraction of sp³-hybridized carbons (Fsp3) is 0.857. The molecule has 0 spiro atoms. The van der Waals surface area contributed by atoms with Crippen LogP contribution in [0.1, 0.15) is 12.8 Å². The summed E-state index contributed by atoms with van der Waals surface area (Å²) in [5, 5.41) is 0. The van der Waals surface area contributed by atoms with Crippen molar-refractivity contribution < 1.29 is 14.3 Å². The molecule has 2 saturated heterocycles. The number of nitrogens with zero attached hydrogens (tertiary/aromatic N) is 3. The number of ether oxygens (including phenoxy) is 1. The molecule has 2 rings (SSSR count). The lowest BCUT2D eigenvalue weighted by Gasteiger charge is -2.24. The lowest BCUT2D eigenvalue weighted by Crippen LogP contribution is -2.41. The molecule has 0 bridgehead atoms. The van der Waals surface area contributed by atoms with Crippen molar-refractivity contribution in [2.24, 2.45) is 5.92 Å². The van der Waals surface area contributed by atoms with Crippen LogP contribution in [0.15, 0.2) is 0 Å². The highest BCUT2D eigenvalue weighted by atomic mass is 16.5. The Morgan fingerprint density at radius 3 is 2.65 bits per heavy atom. The standard InChI is InChI=1S/C14H25N3O3/c1-15(2)13(18)10-16-5-3-6-17(8-7-16)14(19)12-4-9-20-11-12/h12H,3-11H2,1-2H3. The molecule has 2 aliphatic rings. The summed E-state index contributed by atoms with van der Waals surface area (Å²) in [5.74, 6) is 0.391. The third-order valence-electron chi connectivity index (χ3n) is 4.04. The second-order valence-electron chi connectivity index (χ2n) is 5.80. The van der Waals surface area contributed by atoms with Gasteiger partial charge in [-0.25, -0.2) is 0 Å². The summed E-state index contributed by atoms with van der Waals surface area (Å²) >= 11 is 0. The SMILES string of the molecule is CN(C)C(=O)CN1CCCN(C(=O)C2CCOC2)CC1. The van der Waals surface area contributed by atoms with Gasteiger partial charge in [0.1, 0.15) is 0 Å². The maximum Gasteiger partial charge on any atom is 0.236 e. The van der Waals surface area contributed by atoms with E-state index in [0.717, 1.165) is 39.0 Å². The molecule has 0 aromatic heterocycles. The van der Waals surface area contributed by atoms with Gasteiger partial charge in [-0.05, 0) is 12.8 Å². The first kappa shape index (κ1) is 15.3. The third-order valence-corrected chi connectivity index (χ3v) is 4.04. The van der Waals surface area contributed by atoms with Crippen LogP contribution in [0.4, 0.5) is 0 Å². The molecule has 1 atom stereocenters. The maximum atomic E-state index is 12.3. The van der Waals surface area contributed by atoms with E-state index in [0.29, 0.717) is 19.8 Å². The zero-order chi connectivity index (χ0) is 14.5. The second-order valence-corrected chi connectivity index (χ2v) is 5.80. The molecule has 2 amide bonds. The Bertz CT molecular complexity index is 354. The van der Waals surface area contributed by atoms with E-state index in [4.69, 9.17) is 4.74 Å². The zero-order valence-electron chi connectivity index (χ0n) is 12.5. The number of likely N-dealkylation sites (N-methyl/N-ethyl adjacent to an activating group) is 1. The van der Waals surface area contributed by atoms with Crippen LogP contribution in [0.5, 0.6) is 0 Å². The first-order valence-electron chi connectivity index (χ1n) is 7.37. The maximum absolute atomic E-state index is 12.3. The largest absolute Gasteiger partial charge is 0.381 e. The van der Waals surface area contributed by atoms with Crippen LogP contribution >= 0.6 is 0 Å². The van der Waals surface area contributed by atoms with E-state index >= 15 is 0 Å². The molecule has 6 heteroatoms. The van der Waals surface area contributed by atoms with Crippen molar-refractivity contribution in [3.05, 3.63) is 0 Å². The average molecular weight is 283 g/mol. The average Bonchev–Trinajstić information content (AvgIpc) is 2.85. The summed E-state index contributed by atoms with van der Waals surface area (Å²) in [5.41, 5.74) is 0. The Morgan fingerprint density at radius 1 is 1.20 bits per heavy atom. The molecular weight excluding hydrogens is 258 g/mol. The topological polar surface area (TPSA) is 53.1 Å². The van der Waals surface area contributed by atoms with E-state index in [2.05, 4.69) is 4.90 Å². The Hall–Kier alpha value is -1.14. The third kappa shape index (κ3) is 3.93. The molecule has 6 nitrogen and oxygen atoms in total. The fourth-order valence-corrected chi connectivity index (χ4v) is 2.67. The molecule has 1 unspecified atom stereocenters. The fourth-order valence-electron chi connectivity index (χ4n) is 2.67. The van der Waals surface area contributed by atoms with E-state index in [1.165, 1.54) is 0 Å². The van der Waals surface area contributed by atoms with Gasteiger partial charge in [0.15, 0.2) is 0 Å². The highest BCUT2D eigenvalue weighted by molar-refractivity contribution is 5.79. The Kier molecular flexibility index (Phi) is 5.37. The van der Waals surface area contributed by atoms with E-state index in [1.807, 2.05) is 4.90 Å². The first-order chi connectivity index (χ1) is 9.58. The van der Waals surface area contributed by atoms with Crippen molar-refractivity contribution >= 4 is 11.8 Å². The molecule has 0 aliphatic carbocycles. The molecule has 2 heterocycles. The number of hydrogen-bond acceptors (Lipinski definition) is 4. The van der Waals surface area contributed by atoms with E-state index in [9.17, 15) is 9.59 Å². The highest BCUT2D eigenvalue weighted by Crippen LogP contribution is 2.16. The minimum absolute atomic E-state index is 0.0463. The van der Waals surface area contributed by atoms with E-state index < -0.39 is 0 Å². The lowest BCUT2D eigenvalue weighted by atomic mass is 10.1. The Labute approximate surface area is 120 Å². The summed E-state index contributed by atoms with van der Waals surface area (Å²) in [4.78, 5) is 29.8. The minimum Gasteiger partial charge on any atom is -0.381 e. The monoisotopic (exact) mass is 283 g/mol. The predicted octanol–water partition coefficient (Wildman–Crippen LogP) is -0.355. The van der Waals surface area contributed by atoms with Crippen molar-refractivity contribution in [3.8, 4) is 0 Å². The first-order valence-corrected chi connectivity index (χ1v) is 7.37. The molecule has 0 aromatic carbocycles. The van der Waals surface area contributed by atoms with Crippen molar-refractivity contribution in [2.45, 2.75) is 12.8 Å². The Morgan fingerprint density at radius 2 is 2.00 bits per heavy atom. The smallest absolute Gasteiger partial charge is 0.236 e. The van der Waals surface area contributed by atoms with Gasteiger partial charge in [0.05, 0.1) is 19.1 Å². The summed E-state index contributed by atoms with van der Waals surface area (Å²) < 4.78 is 5.29. The van der Waals surface area contributed by atoms with Crippen LogP contribution in [0, 0.1) is 5.92 Å². The zero-order valence-corrected chi connectivity index (χ0v) is 12.5. The lowest BCUT2D eigenvalue weighted by molar-refractivity contribution is -0.135. The normalized spacial score (nSPS) is 24.5. The van der Waals surface area contributed by atoms with Crippen LogP contribution in [-0.4, -0.2) is 86.5 Å². The molecule has 2 aliphatic heterocycles. The highest BCUT2D eigenvalue weighted by Gasteiger charge is 2.29. The van der Waals surface area contributed by atoms with Crippen molar-refractivity contribution in [3.63, 3.8) is 0 Å². The van der Waals surface area contributed by atoms with Crippen LogP contribution in [0.2, 0.25) is 0 Å². The number of carbonyl (C=O) groups excluding carboxylic acids is 2. The van der Waals surface area contributed by atoms with Crippen molar-refractivity contribution in [1.29, 1.82) is 0 Å². The molecule has 2 fully saturated rings.